The smallest absolute Gasteiger partial charge is 0.306 e. The van der Waals surface area contributed by atoms with Crippen LogP contribution in [0.15, 0.2) is 24.3 Å². The van der Waals surface area contributed by atoms with Crippen molar-refractivity contribution in [3.8, 4) is 0 Å². The number of nitrogens with zero attached hydrogens (tertiary/aromatic N) is 1. The first-order valence-electron chi connectivity index (χ1n) is 6.40. The zero-order valence-corrected chi connectivity index (χ0v) is 13.1. The molecular weight excluding hydrogens is 373 g/mol. The molecule has 108 valence electrons. The van der Waals surface area contributed by atoms with Crippen LogP contribution in [0.3, 0.4) is 0 Å². The van der Waals surface area contributed by atoms with E-state index in [-0.39, 0.29) is 12.3 Å². The molecule has 0 saturated carbocycles. The second-order valence-corrected chi connectivity index (χ2v) is 5.98. The predicted octanol–water partition coefficient (Wildman–Crippen LogP) is 1.54. The maximum Gasteiger partial charge on any atom is 0.306 e. The van der Waals surface area contributed by atoms with E-state index in [1.807, 2.05) is 24.3 Å². The molecule has 1 atom stereocenters. The van der Waals surface area contributed by atoms with E-state index in [2.05, 4.69) is 22.6 Å². The van der Waals surface area contributed by atoms with Crippen molar-refractivity contribution in [2.45, 2.75) is 18.9 Å². The summed E-state index contributed by atoms with van der Waals surface area (Å²) in [6.07, 6.45) is -0.120. The van der Waals surface area contributed by atoms with E-state index in [9.17, 15) is 9.59 Å². The van der Waals surface area contributed by atoms with Gasteiger partial charge < -0.3 is 14.7 Å². The van der Waals surface area contributed by atoms with E-state index in [0.717, 1.165) is 9.13 Å². The average Bonchev–Trinajstić information content (AvgIpc) is 2.38. The number of hydrogen-bond acceptors (Lipinski definition) is 3. The van der Waals surface area contributed by atoms with Gasteiger partial charge in [-0.2, -0.15) is 0 Å². The Labute approximate surface area is 131 Å². The number of morpholine rings is 1. The van der Waals surface area contributed by atoms with Crippen molar-refractivity contribution in [2.75, 3.05) is 19.7 Å². The lowest BCUT2D eigenvalue weighted by Gasteiger charge is -2.32. The van der Waals surface area contributed by atoms with Crippen molar-refractivity contribution in [1.82, 2.24) is 4.90 Å². The average molecular weight is 389 g/mol. The van der Waals surface area contributed by atoms with E-state index in [0.29, 0.717) is 26.1 Å². The highest BCUT2D eigenvalue weighted by Gasteiger charge is 2.25. The number of carboxylic acids is 1. The summed E-state index contributed by atoms with van der Waals surface area (Å²) in [6.45, 7) is 1.28. The van der Waals surface area contributed by atoms with Crippen LogP contribution in [0, 0.1) is 3.57 Å². The number of carbonyl (C=O) groups is 2. The van der Waals surface area contributed by atoms with Crippen LogP contribution in [-0.4, -0.2) is 47.7 Å². The molecule has 0 spiro atoms. The van der Waals surface area contributed by atoms with Gasteiger partial charge in [0.1, 0.15) is 0 Å². The number of hydrogen-bond donors (Lipinski definition) is 1. The molecule has 1 aromatic carbocycles. The van der Waals surface area contributed by atoms with E-state index >= 15 is 0 Å². The fraction of sp³-hybridized carbons (Fsp3) is 0.429. The summed E-state index contributed by atoms with van der Waals surface area (Å²) in [5, 5.41) is 8.77. The molecule has 0 radical (unpaired) electrons. The van der Waals surface area contributed by atoms with Crippen LogP contribution in [0.1, 0.15) is 12.0 Å². The number of amides is 1. The Morgan fingerprint density at radius 1 is 1.45 bits per heavy atom. The Bertz CT molecular complexity index is 506. The Kier molecular flexibility index (Phi) is 5.36. The molecule has 1 N–H and O–H groups in total. The lowest BCUT2D eigenvalue weighted by atomic mass is 10.1. The summed E-state index contributed by atoms with van der Waals surface area (Å²) in [6, 6.07) is 7.81. The molecule has 2 rings (SSSR count). The van der Waals surface area contributed by atoms with Crippen LogP contribution in [0.5, 0.6) is 0 Å². The van der Waals surface area contributed by atoms with Gasteiger partial charge in [-0.1, -0.05) is 12.1 Å². The number of benzene rings is 1. The zero-order chi connectivity index (χ0) is 14.5. The SMILES string of the molecule is O=C(O)CC1CN(C(=O)Cc2cccc(I)c2)CCO1. The van der Waals surface area contributed by atoms with Gasteiger partial charge in [-0.3, -0.25) is 9.59 Å². The van der Waals surface area contributed by atoms with Crippen LogP contribution in [0.4, 0.5) is 0 Å². The highest BCUT2D eigenvalue weighted by molar-refractivity contribution is 14.1. The Morgan fingerprint density at radius 3 is 2.95 bits per heavy atom. The third kappa shape index (κ3) is 4.45. The van der Waals surface area contributed by atoms with Gasteiger partial charge in [-0.15, -0.1) is 0 Å². The van der Waals surface area contributed by atoms with Crippen LogP contribution < -0.4 is 0 Å². The summed E-state index contributed by atoms with van der Waals surface area (Å²) in [7, 11) is 0. The summed E-state index contributed by atoms with van der Waals surface area (Å²) in [4.78, 5) is 24.6. The summed E-state index contributed by atoms with van der Waals surface area (Å²) < 4.78 is 6.46. The molecule has 1 amide bonds. The maximum absolute atomic E-state index is 12.2. The highest BCUT2D eigenvalue weighted by atomic mass is 127. The van der Waals surface area contributed by atoms with E-state index < -0.39 is 12.1 Å². The zero-order valence-electron chi connectivity index (χ0n) is 10.9. The molecule has 1 saturated heterocycles. The fourth-order valence-electron chi connectivity index (χ4n) is 2.20. The lowest BCUT2D eigenvalue weighted by molar-refractivity contribution is -0.147. The van der Waals surface area contributed by atoms with Crippen molar-refractivity contribution in [3.63, 3.8) is 0 Å². The van der Waals surface area contributed by atoms with E-state index in [1.54, 1.807) is 4.90 Å². The molecule has 0 aliphatic carbocycles. The van der Waals surface area contributed by atoms with Crippen molar-refractivity contribution in [3.05, 3.63) is 33.4 Å². The molecule has 1 heterocycles. The Hall–Kier alpha value is -1.15. The first-order valence-corrected chi connectivity index (χ1v) is 7.48. The Balaban J connectivity index is 1.93. The first-order chi connectivity index (χ1) is 9.54. The minimum atomic E-state index is -0.901. The second-order valence-electron chi connectivity index (χ2n) is 4.74. The third-order valence-electron chi connectivity index (χ3n) is 3.14. The second kappa shape index (κ2) is 7.03. The number of aliphatic carboxylic acids is 1. The van der Waals surface area contributed by atoms with Gasteiger partial charge in [-0.25, -0.2) is 0 Å². The topological polar surface area (TPSA) is 66.8 Å². The van der Waals surface area contributed by atoms with Crippen molar-refractivity contribution < 1.29 is 19.4 Å². The fourth-order valence-corrected chi connectivity index (χ4v) is 2.81. The molecule has 20 heavy (non-hydrogen) atoms. The standard InChI is InChI=1S/C14H16INO4/c15-11-3-1-2-10(6-11)7-13(17)16-4-5-20-12(9-16)8-14(18)19/h1-3,6,12H,4-5,7-9H2,(H,18,19). The molecule has 0 bridgehead atoms. The van der Waals surface area contributed by atoms with Gasteiger partial charge in [0.05, 0.1) is 25.6 Å². The molecule has 0 aromatic heterocycles. The van der Waals surface area contributed by atoms with Gasteiger partial charge >= 0.3 is 5.97 Å². The lowest BCUT2D eigenvalue weighted by Crippen LogP contribution is -2.46. The van der Waals surface area contributed by atoms with Crippen LogP contribution in [-0.2, 0) is 20.7 Å². The molecule has 5 nitrogen and oxygen atoms in total. The minimum absolute atomic E-state index is 0.0192. The third-order valence-corrected chi connectivity index (χ3v) is 3.81. The van der Waals surface area contributed by atoms with Gasteiger partial charge in [0.15, 0.2) is 0 Å². The molecule has 6 heteroatoms. The van der Waals surface area contributed by atoms with Gasteiger partial charge in [-0.05, 0) is 40.3 Å². The quantitative estimate of drug-likeness (QED) is 0.794. The van der Waals surface area contributed by atoms with E-state index in [4.69, 9.17) is 9.84 Å². The summed E-state index contributed by atoms with van der Waals surface area (Å²) >= 11 is 2.21. The number of carbonyl (C=O) groups excluding carboxylic acids is 1. The van der Waals surface area contributed by atoms with Gasteiger partial charge in [0.2, 0.25) is 5.91 Å². The van der Waals surface area contributed by atoms with Crippen LogP contribution in [0.2, 0.25) is 0 Å². The molecule has 1 fully saturated rings. The largest absolute Gasteiger partial charge is 0.481 e. The molecule has 1 aliphatic rings. The number of carboxylic acid groups (broad SMARTS) is 1. The number of ether oxygens (including phenoxy) is 1. The predicted molar refractivity (Wildman–Crippen MR) is 81.4 cm³/mol. The summed E-state index contributed by atoms with van der Waals surface area (Å²) in [5.74, 6) is -0.882. The van der Waals surface area contributed by atoms with Gasteiger partial charge in [0.25, 0.3) is 0 Å². The Morgan fingerprint density at radius 2 is 2.25 bits per heavy atom. The van der Waals surface area contributed by atoms with Crippen LogP contribution in [0.25, 0.3) is 0 Å². The van der Waals surface area contributed by atoms with Gasteiger partial charge in [0, 0.05) is 16.7 Å². The summed E-state index contributed by atoms with van der Waals surface area (Å²) in [5.41, 5.74) is 0.975. The normalized spacial score (nSPS) is 18.9. The highest BCUT2D eigenvalue weighted by Crippen LogP contribution is 2.13. The van der Waals surface area contributed by atoms with E-state index in [1.165, 1.54) is 0 Å². The first kappa shape index (κ1) is 15.2. The molecular formula is C14H16INO4. The number of halogens is 1. The molecule has 1 unspecified atom stereocenters. The monoisotopic (exact) mass is 389 g/mol. The van der Waals surface area contributed by atoms with Crippen molar-refractivity contribution in [2.24, 2.45) is 0 Å². The molecule has 1 aliphatic heterocycles. The van der Waals surface area contributed by atoms with Crippen molar-refractivity contribution in [1.29, 1.82) is 0 Å². The maximum atomic E-state index is 12.2. The van der Waals surface area contributed by atoms with Crippen molar-refractivity contribution >= 4 is 34.5 Å². The minimum Gasteiger partial charge on any atom is -0.481 e. The number of rotatable bonds is 4. The molecule has 1 aromatic rings. The van der Waals surface area contributed by atoms with Crippen LogP contribution >= 0.6 is 22.6 Å².